The minimum Gasteiger partial charge on any atom is -0.382 e. The lowest BCUT2D eigenvalue weighted by Gasteiger charge is -2.12. The molecule has 2 aromatic rings. The van der Waals surface area contributed by atoms with Crippen molar-refractivity contribution in [1.82, 2.24) is 14.8 Å². The van der Waals surface area contributed by atoms with E-state index >= 15 is 0 Å². The van der Waals surface area contributed by atoms with Crippen molar-refractivity contribution < 1.29 is 0 Å². The molecule has 0 unspecified atom stereocenters. The number of thiazole rings is 1. The van der Waals surface area contributed by atoms with Crippen LogP contribution in [0.5, 0.6) is 0 Å². The zero-order valence-electron chi connectivity index (χ0n) is 10.8. The number of hydrogen-bond acceptors (Lipinski definition) is 5. The summed E-state index contributed by atoms with van der Waals surface area (Å²) in [4.78, 5) is 16.2. The van der Waals surface area contributed by atoms with E-state index in [1.54, 1.807) is 17.5 Å². The average molecular weight is 343 g/mol. The number of nitrogens with zero attached hydrogens (tertiary/aromatic N) is 3. The highest BCUT2D eigenvalue weighted by atomic mass is 79.9. The van der Waals surface area contributed by atoms with Crippen LogP contribution in [0.3, 0.4) is 0 Å². The molecule has 7 heteroatoms. The monoisotopic (exact) mass is 342 g/mol. The molecule has 0 radical (unpaired) electrons. The van der Waals surface area contributed by atoms with Gasteiger partial charge in [-0.25, -0.2) is 9.67 Å². The van der Waals surface area contributed by atoms with Gasteiger partial charge in [-0.3, -0.25) is 4.79 Å². The highest BCUT2D eigenvalue weighted by Gasteiger charge is 2.10. The Labute approximate surface area is 123 Å². The number of hydrogen-bond donors (Lipinski definition) is 1. The van der Waals surface area contributed by atoms with Gasteiger partial charge in [0, 0.05) is 18.3 Å². The average Bonchev–Trinajstić information content (AvgIpc) is 2.87. The number of rotatable bonds is 5. The third-order valence-electron chi connectivity index (χ3n) is 2.61. The van der Waals surface area contributed by atoms with Crippen molar-refractivity contribution >= 4 is 33.0 Å². The highest BCUT2D eigenvalue weighted by Crippen LogP contribution is 2.17. The van der Waals surface area contributed by atoms with Crippen molar-refractivity contribution in [3.8, 4) is 0 Å². The Hall–Kier alpha value is -1.21. The Morgan fingerprint density at radius 2 is 2.32 bits per heavy atom. The highest BCUT2D eigenvalue weighted by molar-refractivity contribution is 9.10. The summed E-state index contributed by atoms with van der Waals surface area (Å²) < 4.78 is 1.98. The lowest BCUT2D eigenvalue weighted by Crippen LogP contribution is -2.26. The van der Waals surface area contributed by atoms with Gasteiger partial charge in [-0.15, -0.1) is 11.3 Å². The van der Waals surface area contributed by atoms with Gasteiger partial charge in [0.05, 0.1) is 29.1 Å². The first kappa shape index (κ1) is 14.2. The van der Waals surface area contributed by atoms with E-state index in [4.69, 9.17) is 0 Å². The van der Waals surface area contributed by atoms with Gasteiger partial charge >= 0.3 is 0 Å². The molecular formula is C12H15BrN4OS. The minimum atomic E-state index is -0.117. The molecule has 0 saturated carbocycles. The molecule has 0 atom stereocenters. The summed E-state index contributed by atoms with van der Waals surface area (Å²) in [7, 11) is 0. The summed E-state index contributed by atoms with van der Waals surface area (Å²) in [5.74, 6) is 0. The predicted molar refractivity (Wildman–Crippen MR) is 80.9 cm³/mol. The van der Waals surface area contributed by atoms with E-state index in [0.717, 1.165) is 24.3 Å². The van der Waals surface area contributed by atoms with Crippen LogP contribution in [-0.2, 0) is 6.42 Å². The van der Waals surface area contributed by atoms with Gasteiger partial charge in [-0.2, -0.15) is 5.10 Å². The van der Waals surface area contributed by atoms with Crippen LogP contribution in [0.25, 0.3) is 0 Å². The summed E-state index contributed by atoms with van der Waals surface area (Å²) in [6.07, 6.45) is 2.50. The molecule has 0 aliphatic rings. The van der Waals surface area contributed by atoms with Crippen molar-refractivity contribution in [2.45, 2.75) is 26.3 Å². The maximum atomic E-state index is 12.0. The summed E-state index contributed by atoms with van der Waals surface area (Å²) in [5.41, 5.74) is 3.47. The van der Waals surface area contributed by atoms with E-state index in [2.05, 4.69) is 31.3 Å². The van der Waals surface area contributed by atoms with Gasteiger partial charge < -0.3 is 5.32 Å². The maximum absolute atomic E-state index is 12.0. The molecule has 102 valence electrons. The van der Waals surface area contributed by atoms with Crippen LogP contribution in [0, 0.1) is 0 Å². The van der Waals surface area contributed by atoms with Crippen LogP contribution in [-0.4, -0.2) is 21.3 Å². The van der Waals surface area contributed by atoms with Gasteiger partial charge in [0.1, 0.15) is 4.47 Å². The number of aromatic nitrogens is 3. The van der Waals surface area contributed by atoms with Crippen molar-refractivity contribution in [1.29, 1.82) is 0 Å². The molecule has 1 N–H and O–H groups in total. The largest absolute Gasteiger partial charge is 0.382 e. The van der Waals surface area contributed by atoms with Crippen molar-refractivity contribution in [3.05, 3.63) is 37.6 Å². The van der Waals surface area contributed by atoms with Crippen LogP contribution in [0.15, 0.2) is 26.4 Å². The first-order chi connectivity index (χ1) is 9.09. The predicted octanol–water partition coefficient (Wildman–Crippen LogP) is 2.70. The van der Waals surface area contributed by atoms with Crippen molar-refractivity contribution in [2.75, 3.05) is 11.9 Å². The van der Waals surface area contributed by atoms with Crippen molar-refractivity contribution in [2.24, 2.45) is 0 Å². The number of anilines is 1. The minimum absolute atomic E-state index is 0.0489. The molecule has 0 bridgehead atoms. The van der Waals surface area contributed by atoms with E-state index < -0.39 is 0 Å². The van der Waals surface area contributed by atoms with Gasteiger partial charge in [-0.05, 0) is 29.8 Å². The zero-order valence-corrected chi connectivity index (χ0v) is 13.2. The van der Waals surface area contributed by atoms with E-state index in [1.165, 1.54) is 4.68 Å². The third-order valence-corrected chi connectivity index (χ3v) is 4.01. The summed E-state index contributed by atoms with van der Waals surface area (Å²) >= 11 is 4.91. The molecule has 19 heavy (non-hydrogen) atoms. The molecule has 0 amide bonds. The van der Waals surface area contributed by atoms with Crippen LogP contribution >= 0.6 is 27.3 Å². The normalized spacial score (nSPS) is 10.9. The van der Waals surface area contributed by atoms with Gasteiger partial charge in [0.2, 0.25) is 0 Å². The second-order valence-electron chi connectivity index (χ2n) is 4.37. The molecule has 0 aliphatic heterocycles. The smallest absolute Gasteiger partial charge is 0.283 e. The first-order valence-corrected chi connectivity index (χ1v) is 7.71. The SMILES string of the molecule is CC(C)n1ncc(NCCc2cscn2)c(Br)c1=O. The topological polar surface area (TPSA) is 59.8 Å². The van der Waals surface area contributed by atoms with Crippen LogP contribution in [0.2, 0.25) is 0 Å². The summed E-state index contributed by atoms with van der Waals surface area (Å²) in [6, 6.07) is 0.0489. The Kier molecular flexibility index (Phi) is 4.71. The molecule has 0 fully saturated rings. The van der Waals surface area contributed by atoms with Gasteiger partial charge in [0.25, 0.3) is 5.56 Å². The standard InChI is InChI=1S/C12H15BrN4OS/c1-8(2)17-12(18)11(13)10(5-16-17)14-4-3-9-6-19-7-15-9/h5-8,14H,3-4H2,1-2H3. The zero-order chi connectivity index (χ0) is 13.8. The third kappa shape index (κ3) is 3.42. The second-order valence-corrected chi connectivity index (χ2v) is 5.88. The molecule has 2 rings (SSSR count). The summed E-state index contributed by atoms with van der Waals surface area (Å²) in [5, 5.41) is 9.37. The molecular weight excluding hydrogens is 328 g/mol. The molecule has 2 aromatic heterocycles. The Balaban J connectivity index is 2.05. The van der Waals surface area contributed by atoms with Crippen LogP contribution < -0.4 is 10.9 Å². The lowest BCUT2D eigenvalue weighted by atomic mass is 10.3. The summed E-state index contributed by atoms with van der Waals surface area (Å²) in [6.45, 7) is 4.57. The second kappa shape index (κ2) is 6.29. The quantitative estimate of drug-likeness (QED) is 0.907. The van der Waals surface area contributed by atoms with Crippen molar-refractivity contribution in [3.63, 3.8) is 0 Å². The molecule has 0 spiro atoms. The van der Waals surface area contributed by atoms with E-state index in [1.807, 2.05) is 24.7 Å². The number of nitrogens with one attached hydrogen (secondary N) is 1. The fraction of sp³-hybridized carbons (Fsp3) is 0.417. The first-order valence-electron chi connectivity index (χ1n) is 5.98. The van der Waals surface area contributed by atoms with E-state index in [0.29, 0.717) is 4.47 Å². The Morgan fingerprint density at radius 3 is 2.95 bits per heavy atom. The molecule has 2 heterocycles. The Bertz CT molecular complexity index is 594. The number of halogens is 1. The molecule has 0 aromatic carbocycles. The molecule has 5 nitrogen and oxygen atoms in total. The van der Waals surface area contributed by atoms with Crippen LogP contribution in [0.4, 0.5) is 5.69 Å². The van der Waals surface area contributed by atoms with Gasteiger partial charge in [0.15, 0.2) is 0 Å². The fourth-order valence-corrected chi connectivity index (χ4v) is 2.64. The van der Waals surface area contributed by atoms with E-state index in [9.17, 15) is 4.79 Å². The van der Waals surface area contributed by atoms with E-state index in [-0.39, 0.29) is 11.6 Å². The molecule has 0 aliphatic carbocycles. The Morgan fingerprint density at radius 1 is 1.53 bits per heavy atom. The fourth-order valence-electron chi connectivity index (χ4n) is 1.62. The lowest BCUT2D eigenvalue weighted by molar-refractivity contribution is 0.501. The van der Waals surface area contributed by atoms with Crippen LogP contribution in [0.1, 0.15) is 25.6 Å². The maximum Gasteiger partial charge on any atom is 0.283 e. The molecule has 0 saturated heterocycles. The van der Waals surface area contributed by atoms with Gasteiger partial charge in [-0.1, -0.05) is 0 Å².